The Balaban J connectivity index is -0.0000000424. The number of alkyl halides is 2. The molecule has 1 radical (unpaired) electrons. The summed E-state index contributed by atoms with van der Waals surface area (Å²) in [5.41, 5.74) is 3.94. The molecule has 0 fully saturated rings. The van der Waals surface area contributed by atoms with Crippen molar-refractivity contribution in [2.24, 2.45) is 5.73 Å². The van der Waals surface area contributed by atoms with Crippen LogP contribution in [0.5, 0.6) is 0 Å². The van der Waals surface area contributed by atoms with Gasteiger partial charge in [0, 0.05) is 11.8 Å². The smallest absolute Gasteiger partial charge is 0.394 e. The second-order valence-corrected chi connectivity index (χ2v) is 2.97. The van der Waals surface area contributed by atoms with Crippen molar-refractivity contribution in [1.29, 1.82) is 0 Å². The van der Waals surface area contributed by atoms with Crippen LogP contribution >= 0.6 is 23.2 Å². The largest absolute Gasteiger partial charge is 2.00 e. The Labute approximate surface area is 110 Å². The molecule has 0 rings (SSSR count). The van der Waals surface area contributed by atoms with Gasteiger partial charge in [0.1, 0.15) is 0 Å². The minimum absolute atomic E-state index is 0. The van der Waals surface area contributed by atoms with E-state index in [0.717, 1.165) is 0 Å². The van der Waals surface area contributed by atoms with E-state index in [4.69, 9.17) is 44.3 Å². The van der Waals surface area contributed by atoms with E-state index in [9.17, 15) is 0 Å². The summed E-state index contributed by atoms with van der Waals surface area (Å²) in [7, 11) is 0. The van der Waals surface area contributed by atoms with Gasteiger partial charge in [-0.25, -0.2) is 0 Å². The van der Waals surface area contributed by atoms with Gasteiger partial charge in [0.15, 0.2) is 0 Å². The molecule has 0 spiro atoms. The molecule has 0 amide bonds. The number of aliphatic hydroxyl groups is 3. The van der Waals surface area contributed by atoms with Crippen molar-refractivity contribution < 1.29 is 32.1 Å². The van der Waals surface area contributed by atoms with Gasteiger partial charge in [-0.2, -0.15) is 0 Å². The van der Waals surface area contributed by atoms with E-state index >= 15 is 0 Å². The molecule has 0 aliphatic rings. The Morgan fingerprint density at radius 2 is 1.07 bits per heavy atom. The molecule has 0 bridgehead atoms. The van der Waals surface area contributed by atoms with Crippen LogP contribution in [0.3, 0.4) is 0 Å². The van der Waals surface area contributed by atoms with Crippen molar-refractivity contribution in [2.45, 2.75) is 5.54 Å². The average Bonchev–Trinajstić information content (AvgIpc) is 2.17. The Morgan fingerprint density at radius 1 is 0.867 bits per heavy atom. The van der Waals surface area contributed by atoms with E-state index in [1.807, 2.05) is 0 Å². The summed E-state index contributed by atoms with van der Waals surface area (Å²) < 4.78 is 0. The van der Waals surface area contributed by atoms with Crippen LogP contribution in [-0.4, -0.2) is 52.4 Å². The fourth-order valence-corrected chi connectivity index (χ4v) is 0.150. The number of hydrogen-bond acceptors (Lipinski definition) is 6. The van der Waals surface area contributed by atoms with E-state index in [1.165, 1.54) is 0 Å². The van der Waals surface area contributed by atoms with Crippen LogP contribution in [0.15, 0.2) is 0 Å². The molecule has 0 saturated carbocycles. The third-order valence-corrected chi connectivity index (χ3v) is 1.59. The van der Waals surface area contributed by atoms with Crippen molar-refractivity contribution >= 4 is 23.2 Å². The van der Waals surface area contributed by atoms with Gasteiger partial charge < -0.3 is 33.4 Å². The molecule has 11 N–H and O–H groups in total. The molecule has 0 atom stereocenters. The van der Waals surface area contributed by atoms with Gasteiger partial charge in [0.2, 0.25) is 0 Å². The van der Waals surface area contributed by atoms with Crippen LogP contribution in [0.4, 0.5) is 0 Å². The Hall–Kier alpha value is 0.846. The molecule has 0 aromatic rings. The SMILES string of the molecule is ClCCCl.N.N.NC(CO)(CO)CO.[Co+2]. The summed E-state index contributed by atoms with van der Waals surface area (Å²) >= 11 is 10.1. The number of halogens is 2. The van der Waals surface area contributed by atoms with Crippen LogP contribution in [0, 0.1) is 0 Å². The van der Waals surface area contributed by atoms with Crippen molar-refractivity contribution in [3.63, 3.8) is 0 Å². The van der Waals surface area contributed by atoms with Gasteiger partial charge in [-0.1, -0.05) is 0 Å². The number of aliphatic hydroxyl groups excluding tert-OH is 3. The van der Waals surface area contributed by atoms with E-state index in [2.05, 4.69) is 0 Å². The molecular weight excluding hydrogens is 292 g/mol. The quantitative estimate of drug-likeness (QED) is 0.382. The molecule has 0 unspecified atom stereocenters. The summed E-state index contributed by atoms with van der Waals surface area (Å²) in [5, 5.41) is 25.0. The first kappa shape index (κ1) is 29.7. The van der Waals surface area contributed by atoms with Gasteiger partial charge >= 0.3 is 16.8 Å². The van der Waals surface area contributed by atoms with Gasteiger partial charge in [0.25, 0.3) is 0 Å². The molecule has 15 heavy (non-hydrogen) atoms. The van der Waals surface area contributed by atoms with Crippen LogP contribution in [0.1, 0.15) is 0 Å². The zero-order valence-electron chi connectivity index (χ0n) is 8.46. The summed E-state index contributed by atoms with van der Waals surface area (Å²) in [6.07, 6.45) is 0. The first-order valence-electron chi connectivity index (χ1n) is 3.33. The monoisotopic (exact) mass is 312 g/mol. The van der Waals surface area contributed by atoms with Crippen molar-refractivity contribution in [3.05, 3.63) is 0 Å². The van der Waals surface area contributed by atoms with Gasteiger partial charge in [-0.05, 0) is 0 Å². The van der Waals surface area contributed by atoms with Gasteiger partial charge in [0.05, 0.1) is 25.4 Å². The molecule has 99 valence electrons. The summed E-state index contributed by atoms with van der Waals surface area (Å²) in [6, 6.07) is 0. The maximum atomic E-state index is 8.34. The summed E-state index contributed by atoms with van der Waals surface area (Å²) in [5.74, 6) is 1.11. The van der Waals surface area contributed by atoms with E-state index in [0.29, 0.717) is 11.8 Å². The molecule has 0 aromatic carbocycles. The maximum Gasteiger partial charge on any atom is 2.00 e. The molecule has 0 heterocycles. The van der Waals surface area contributed by atoms with Crippen molar-refractivity contribution in [1.82, 2.24) is 12.3 Å². The second-order valence-electron chi connectivity index (χ2n) is 2.21. The Morgan fingerprint density at radius 3 is 1.07 bits per heavy atom. The predicted molar refractivity (Wildman–Crippen MR) is 59.7 cm³/mol. The summed E-state index contributed by atoms with van der Waals surface area (Å²) in [4.78, 5) is 0. The van der Waals surface area contributed by atoms with Crippen molar-refractivity contribution in [3.8, 4) is 0 Å². The fraction of sp³-hybridized carbons (Fsp3) is 1.00. The topological polar surface area (TPSA) is 157 Å². The third kappa shape index (κ3) is 20.8. The van der Waals surface area contributed by atoms with E-state index < -0.39 is 25.4 Å². The number of hydrogen-bond donors (Lipinski definition) is 6. The Kier molecular flexibility index (Phi) is 40.1. The van der Waals surface area contributed by atoms with E-state index in [-0.39, 0.29) is 29.1 Å². The molecule has 0 saturated heterocycles. The van der Waals surface area contributed by atoms with Crippen LogP contribution < -0.4 is 18.0 Å². The second kappa shape index (κ2) is 20.3. The zero-order chi connectivity index (χ0) is 10.0. The fourth-order valence-electron chi connectivity index (χ4n) is 0.150. The first-order chi connectivity index (χ1) is 5.60. The maximum absolute atomic E-state index is 8.34. The molecule has 0 aliphatic carbocycles. The first-order valence-corrected chi connectivity index (χ1v) is 4.40. The van der Waals surface area contributed by atoms with Gasteiger partial charge in [-0.3, -0.25) is 0 Å². The van der Waals surface area contributed by atoms with E-state index in [1.54, 1.807) is 0 Å². The minimum atomic E-state index is -1.21. The molecule has 6 nitrogen and oxygen atoms in total. The average molecular weight is 313 g/mol. The number of nitrogens with two attached hydrogens (primary N) is 1. The van der Waals surface area contributed by atoms with Crippen LogP contribution in [0.25, 0.3) is 0 Å². The predicted octanol–water partition coefficient (Wildman–Crippen LogP) is -0.554. The third-order valence-electron chi connectivity index (χ3n) is 1.02. The standard InChI is InChI=1S/C4H11NO3.C2H4Cl2.Co.2H3N/c5-4(1-6,2-7)3-8;3-1-2-4;;;/h6-8H,1-3,5H2;1-2H2;;2*1H3/q;;+2;;. The van der Waals surface area contributed by atoms with Crippen LogP contribution in [-0.2, 0) is 16.8 Å². The minimum Gasteiger partial charge on any atom is -0.394 e. The molecule has 9 heteroatoms. The zero-order valence-corrected chi connectivity index (χ0v) is 11.0. The van der Waals surface area contributed by atoms with Gasteiger partial charge in [-0.15, -0.1) is 23.2 Å². The molecule has 0 aliphatic heterocycles. The van der Waals surface area contributed by atoms with Crippen molar-refractivity contribution in [2.75, 3.05) is 31.6 Å². The summed E-state index contributed by atoms with van der Waals surface area (Å²) in [6.45, 7) is -1.21. The Bertz CT molecular complexity index is 91.4. The number of rotatable bonds is 4. The normalized spacial score (nSPS) is 8.40. The van der Waals surface area contributed by atoms with Crippen LogP contribution in [0.2, 0.25) is 0 Å². The molecular formula is C6H21Cl2CoN3O3+2. The molecule has 0 aromatic heterocycles.